The lowest BCUT2D eigenvalue weighted by atomic mass is 9.34. The molecule has 0 radical (unpaired) electrons. The third-order valence-electron chi connectivity index (χ3n) is 11.8. The number of esters is 3. The molecule has 6 N–H and O–H groups in total. The molecular formula is C29H36O13. The number of fused-ring (bicyclic) bond motifs is 2. The number of furan rings is 1. The first-order valence-electron chi connectivity index (χ1n) is 13.8. The molecule has 42 heavy (non-hydrogen) atoms. The van der Waals surface area contributed by atoms with Crippen LogP contribution in [0.2, 0.25) is 0 Å². The van der Waals surface area contributed by atoms with Crippen molar-refractivity contribution in [2.45, 2.75) is 93.8 Å². The SMILES string of the molecule is COC(=O)C[C@H]1[C@@]2(C)C[C@@]3(O)[C@](O)([C@@H](O)[C@]45OC(=O)C=C4[C@](C)([C@@H](O)c4ccoc4)C[C@@H](OC(C)=O)[C@]5(O)[C@@]13C)[C@H]2O. The maximum atomic E-state index is 13.2. The molecule has 13 nitrogen and oxygen atoms in total. The maximum Gasteiger partial charge on any atom is 0.331 e. The number of carbonyl (C=O) groups is 3. The minimum absolute atomic E-state index is 0.145. The second-order valence-corrected chi connectivity index (χ2v) is 13.4. The first-order valence-corrected chi connectivity index (χ1v) is 13.8. The van der Waals surface area contributed by atoms with Gasteiger partial charge in [0.25, 0.3) is 0 Å². The van der Waals surface area contributed by atoms with Crippen LogP contribution in [0.4, 0.5) is 0 Å². The topological polar surface area (TPSA) is 213 Å². The highest BCUT2D eigenvalue weighted by atomic mass is 16.6. The molecule has 0 aromatic carbocycles. The average molecular weight is 593 g/mol. The van der Waals surface area contributed by atoms with Crippen molar-refractivity contribution < 1.29 is 63.7 Å². The molecule has 6 rings (SSSR count). The summed E-state index contributed by atoms with van der Waals surface area (Å²) >= 11 is 0. The lowest BCUT2D eigenvalue weighted by Gasteiger charge is -2.75. The standard InChI is InChI=1S/C29H36O13/c1-13(30)41-17-10-23(2,20(33)14-6-7-40-11-14)16-9-19(32)42-28(16)22(35)27(37)21(34)24(3)12-26(27,36)25(4,29(17,28)38)15(24)8-18(31)39-5/h6-7,9,11,15,17,20-22,33-38H,8,10,12H2,1-5H3/t15-,17+,20-,21-,22+,23+,24+,25-,26-,27+,28+,29-/m0/s1. The van der Waals surface area contributed by atoms with Crippen LogP contribution in [-0.2, 0) is 28.6 Å². The molecule has 5 aliphatic rings. The van der Waals surface area contributed by atoms with E-state index in [0.717, 1.165) is 20.1 Å². The normalized spacial score (nSPS) is 50.8. The number of methoxy groups -OCH3 is 1. The van der Waals surface area contributed by atoms with Gasteiger partial charge in [0.2, 0.25) is 0 Å². The molecule has 2 bridgehead atoms. The van der Waals surface area contributed by atoms with Crippen molar-refractivity contribution in [1.82, 2.24) is 0 Å². The van der Waals surface area contributed by atoms with E-state index in [9.17, 15) is 45.0 Å². The highest BCUT2D eigenvalue weighted by Crippen LogP contribution is 2.83. The predicted molar refractivity (Wildman–Crippen MR) is 137 cm³/mol. The van der Waals surface area contributed by atoms with Gasteiger partial charge in [0.15, 0.2) is 16.8 Å². The summed E-state index contributed by atoms with van der Waals surface area (Å²) in [7, 11) is 1.15. The van der Waals surface area contributed by atoms with E-state index < -0.39 is 93.3 Å². The van der Waals surface area contributed by atoms with Gasteiger partial charge in [0.1, 0.15) is 17.8 Å². The summed E-state index contributed by atoms with van der Waals surface area (Å²) in [4.78, 5) is 38.6. The lowest BCUT2D eigenvalue weighted by molar-refractivity contribution is -0.424. The van der Waals surface area contributed by atoms with Crippen molar-refractivity contribution in [3.63, 3.8) is 0 Å². The first kappa shape index (κ1) is 29.3. The second kappa shape index (κ2) is 8.21. The van der Waals surface area contributed by atoms with Crippen LogP contribution in [0.5, 0.6) is 0 Å². The molecular weight excluding hydrogens is 556 g/mol. The highest BCUT2D eigenvalue weighted by molar-refractivity contribution is 5.89. The summed E-state index contributed by atoms with van der Waals surface area (Å²) < 4.78 is 21.6. The Morgan fingerprint density at radius 1 is 1.14 bits per heavy atom. The summed E-state index contributed by atoms with van der Waals surface area (Å²) in [5.74, 6) is -3.83. The van der Waals surface area contributed by atoms with Gasteiger partial charge in [-0.3, -0.25) is 9.59 Å². The summed E-state index contributed by atoms with van der Waals surface area (Å²) in [6.07, 6.45) is -5.04. The van der Waals surface area contributed by atoms with Gasteiger partial charge in [-0.2, -0.15) is 0 Å². The van der Waals surface area contributed by atoms with E-state index >= 15 is 0 Å². The third-order valence-corrected chi connectivity index (χ3v) is 11.8. The van der Waals surface area contributed by atoms with Gasteiger partial charge >= 0.3 is 17.9 Å². The molecule has 0 saturated heterocycles. The number of ether oxygens (including phenoxy) is 3. The van der Waals surface area contributed by atoms with Crippen molar-refractivity contribution in [1.29, 1.82) is 0 Å². The van der Waals surface area contributed by atoms with Crippen LogP contribution in [0, 0.1) is 22.2 Å². The molecule has 4 aliphatic carbocycles. The number of aliphatic hydroxyl groups excluding tert-OH is 3. The molecule has 1 spiro atoms. The number of hydrogen-bond acceptors (Lipinski definition) is 13. The molecule has 0 unspecified atom stereocenters. The largest absolute Gasteiger partial charge is 0.472 e. The Kier molecular flexibility index (Phi) is 5.72. The van der Waals surface area contributed by atoms with E-state index in [0.29, 0.717) is 0 Å². The molecule has 2 heterocycles. The van der Waals surface area contributed by atoms with E-state index in [1.807, 2.05) is 0 Å². The molecule has 1 aliphatic heterocycles. The number of aliphatic hydroxyl groups is 6. The third kappa shape index (κ3) is 2.70. The van der Waals surface area contributed by atoms with Crippen LogP contribution in [0.25, 0.3) is 0 Å². The molecule has 4 fully saturated rings. The Morgan fingerprint density at radius 2 is 1.81 bits per heavy atom. The van der Waals surface area contributed by atoms with Crippen LogP contribution in [0.1, 0.15) is 58.6 Å². The van der Waals surface area contributed by atoms with Crippen LogP contribution in [0.15, 0.2) is 34.7 Å². The Hall–Kier alpha value is -2.81. The lowest BCUT2D eigenvalue weighted by Crippen LogP contribution is -2.94. The van der Waals surface area contributed by atoms with Gasteiger partial charge in [-0.1, -0.05) is 20.8 Å². The summed E-state index contributed by atoms with van der Waals surface area (Å²) in [5.41, 5.74) is -15.8. The van der Waals surface area contributed by atoms with Gasteiger partial charge in [-0.25, -0.2) is 4.79 Å². The van der Waals surface area contributed by atoms with Gasteiger partial charge < -0.3 is 49.3 Å². The zero-order valence-electron chi connectivity index (χ0n) is 23.9. The van der Waals surface area contributed by atoms with Crippen LogP contribution >= 0.6 is 0 Å². The first-order chi connectivity index (χ1) is 19.4. The Morgan fingerprint density at radius 3 is 2.38 bits per heavy atom. The van der Waals surface area contributed by atoms with Crippen molar-refractivity contribution in [2.75, 3.05) is 7.11 Å². The molecule has 12 atom stereocenters. The molecule has 1 aromatic heterocycles. The zero-order valence-corrected chi connectivity index (χ0v) is 23.9. The molecule has 4 saturated carbocycles. The summed E-state index contributed by atoms with van der Waals surface area (Å²) in [6.45, 7) is 5.47. The highest BCUT2D eigenvalue weighted by Gasteiger charge is 2.98. The van der Waals surface area contributed by atoms with E-state index in [4.69, 9.17) is 18.6 Å². The predicted octanol–water partition coefficient (Wildman–Crippen LogP) is -0.585. The van der Waals surface area contributed by atoms with Crippen molar-refractivity contribution in [3.8, 4) is 0 Å². The fourth-order valence-electron chi connectivity index (χ4n) is 10.1. The van der Waals surface area contributed by atoms with Crippen molar-refractivity contribution in [3.05, 3.63) is 35.8 Å². The minimum atomic E-state index is -2.82. The van der Waals surface area contributed by atoms with Crippen molar-refractivity contribution >= 4 is 17.9 Å². The van der Waals surface area contributed by atoms with Crippen LogP contribution in [0.3, 0.4) is 0 Å². The molecule has 13 heteroatoms. The number of carbonyl (C=O) groups excluding carboxylic acids is 3. The minimum Gasteiger partial charge on any atom is -0.472 e. The number of rotatable bonds is 5. The van der Waals surface area contributed by atoms with Crippen LogP contribution in [-0.4, -0.2) is 96.4 Å². The molecule has 1 aromatic rings. The van der Waals surface area contributed by atoms with E-state index in [2.05, 4.69) is 0 Å². The van der Waals surface area contributed by atoms with Gasteiger partial charge in [-0.05, 0) is 30.4 Å². The number of hydrogen-bond donors (Lipinski definition) is 6. The summed E-state index contributed by atoms with van der Waals surface area (Å²) in [5, 5.41) is 73.6. The quantitative estimate of drug-likeness (QED) is 0.187. The van der Waals surface area contributed by atoms with Crippen LogP contribution < -0.4 is 0 Å². The maximum absolute atomic E-state index is 13.2. The van der Waals surface area contributed by atoms with Crippen molar-refractivity contribution in [2.24, 2.45) is 22.2 Å². The monoisotopic (exact) mass is 592 g/mol. The fraction of sp³-hybridized carbons (Fsp3) is 0.690. The van der Waals surface area contributed by atoms with Gasteiger partial charge in [-0.15, -0.1) is 0 Å². The Bertz CT molecular complexity index is 1410. The smallest absolute Gasteiger partial charge is 0.331 e. The Labute approximate surface area is 240 Å². The molecule has 0 amide bonds. The zero-order chi connectivity index (χ0) is 31.1. The van der Waals surface area contributed by atoms with E-state index in [1.165, 1.54) is 39.4 Å². The summed E-state index contributed by atoms with van der Waals surface area (Å²) in [6, 6.07) is 1.47. The van der Waals surface area contributed by atoms with E-state index in [-0.39, 0.29) is 24.0 Å². The Balaban J connectivity index is 1.70. The fourth-order valence-corrected chi connectivity index (χ4v) is 10.1. The van der Waals surface area contributed by atoms with Gasteiger partial charge in [0, 0.05) is 41.2 Å². The van der Waals surface area contributed by atoms with Gasteiger partial charge in [0.05, 0.1) is 31.8 Å². The average Bonchev–Trinajstić information content (AvgIpc) is 3.66. The molecule has 230 valence electrons. The second-order valence-electron chi connectivity index (χ2n) is 13.4. The van der Waals surface area contributed by atoms with E-state index in [1.54, 1.807) is 0 Å².